The average Bonchev–Trinajstić information content (AvgIpc) is 3.54. The first-order valence-electron chi connectivity index (χ1n) is 11.2. The van der Waals surface area contributed by atoms with Crippen LogP contribution in [0.15, 0.2) is 24.5 Å². The van der Waals surface area contributed by atoms with Crippen molar-refractivity contribution in [2.24, 2.45) is 18.5 Å². The number of H-pyrrole nitrogens is 1. The van der Waals surface area contributed by atoms with E-state index in [1.165, 1.54) is 21.8 Å². The Morgan fingerprint density at radius 1 is 1.21 bits per heavy atom. The summed E-state index contributed by atoms with van der Waals surface area (Å²) in [6.07, 6.45) is -0.231. The Morgan fingerprint density at radius 2 is 1.97 bits per heavy atom. The lowest BCUT2D eigenvalue weighted by atomic mass is 10.0. The molecule has 5 heterocycles. The third-order valence-corrected chi connectivity index (χ3v) is 5.33. The second-order valence-corrected chi connectivity index (χ2v) is 8.04. The van der Waals surface area contributed by atoms with E-state index in [4.69, 9.17) is 4.74 Å². The van der Waals surface area contributed by atoms with Gasteiger partial charge in [-0.2, -0.15) is 13.9 Å². The van der Waals surface area contributed by atoms with Gasteiger partial charge in [-0.15, -0.1) is 5.10 Å². The number of ether oxygens (including phenoxy) is 3. The van der Waals surface area contributed by atoms with Crippen molar-refractivity contribution < 1.29 is 41.4 Å². The van der Waals surface area contributed by atoms with Crippen LogP contribution >= 0.6 is 0 Å². The van der Waals surface area contributed by atoms with Crippen LogP contribution in [0.2, 0.25) is 0 Å². The number of aromatic nitrogens is 6. The summed E-state index contributed by atoms with van der Waals surface area (Å²) < 4.78 is 70.9. The summed E-state index contributed by atoms with van der Waals surface area (Å²) in [6.45, 7) is -2.78. The minimum Gasteiger partial charge on any atom is -0.477 e. The largest absolute Gasteiger partial charge is 0.477 e. The van der Waals surface area contributed by atoms with Crippen LogP contribution < -0.4 is 20.9 Å². The number of halogens is 4. The fraction of sp³-hybridized carbons (Fsp3) is 0.318. The standard InChI is InChI=1S/C19H16F4N6O2.C3H6N2O3/c1-28-8-10(17(27-28)31-19(22)23)11-9-4-2-5-24-16(9)25-13(11)12-14(15(20)21)26-29-6-3-7-30-18(12)29;4-2(6)1-8-3(5)7/h2,4-5,8,15,19H,3,6-7H2,1H3,(H,24,25);1H2,(H2,4,6)(H2,5,7). The number of nitrogens with two attached hydrogens (primary N) is 2. The molecule has 5 N–H and O–H groups in total. The highest BCUT2D eigenvalue weighted by molar-refractivity contribution is 6.04. The fourth-order valence-corrected chi connectivity index (χ4v) is 3.98. The van der Waals surface area contributed by atoms with Gasteiger partial charge < -0.3 is 30.7 Å². The second kappa shape index (κ2) is 11.3. The molecule has 1 aliphatic rings. The van der Waals surface area contributed by atoms with Crippen molar-refractivity contribution in [3.8, 4) is 34.1 Å². The SMILES string of the molecule is Cn1cc(-c2c(-c3c(C(F)F)nn4c3OCCC4)[nH]c3ncccc23)c(OC(F)F)n1.NC(=O)COC(N)=O. The second-order valence-electron chi connectivity index (χ2n) is 8.04. The maximum Gasteiger partial charge on any atom is 0.405 e. The highest BCUT2D eigenvalue weighted by Gasteiger charge is 2.33. The summed E-state index contributed by atoms with van der Waals surface area (Å²) in [7, 11) is 1.55. The molecule has 17 heteroatoms. The molecular formula is C22H22F4N8O5. The average molecular weight is 554 g/mol. The summed E-state index contributed by atoms with van der Waals surface area (Å²) in [5.41, 5.74) is 9.79. The molecule has 2 amide bonds. The number of amides is 2. The van der Waals surface area contributed by atoms with Gasteiger partial charge in [-0.05, 0) is 12.1 Å². The summed E-state index contributed by atoms with van der Waals surface area (Å²) in [5, 5.41) is 8.53. The molecule has 5 rings (SSSR count). The van der Waals surface area contributed by atoms with Crippen molar-refractivity contribution in [2.75, 3.05) is 13.2 Å². The molecule has 0 bridgehead atoms. The van der Waals surface area contributed by atoms with Crippen molar-refractivity contribution in [3.05, 3.63) is 30.2 Å². The minimum absolute atomic E-state index is 0.0644. The summed E-state index contributed by atoms with van der Waals surface area (Å²) >= 11 is 0. The number of nitrogens with one attached hydrogen (secondary N) is 1. The number of fused-ring (bicyclic) bond motifs is 2. The van der Waals surface area contributed by atoms with Gasteiger partial charge in [0.25, 0.3) is 12.3 Å². The van der Waals surface area contributed by atoms with Crippen molar-refractivity contribution in [1.82, 2.24) is 29.5 Å². The van der Waals surface area contributed by atoms with Crippen LogP contribution in [0, 0.1) is 0 Å². The van der Waals surface area contributed by atoms with E-state index in [2.05, 4.69) is 41.1 Å². The van der Waals surface area contributed by atoms with Crippen LogP contribution in [0.25, 0.3) is 33.4 Å². The number of hydrogen-bond donors (Lipinski definition) is 3. The minimum atomic E-state index is -3.11. The Kier molecular flexibility index (Phi) is 7.87. The Balaban J connectivity index is 0.000000386. The number of alkyl halides is 4. The fourth-order valence-electron chi connectivity index (χ4n) is 3.98. The van der Waals surface area contributed by atoms with Gasteiger partial charge >= 0.3 is 12.7 Å². The molecule has 0 saturated carbocycles. The third kappa shape index (κ3) is 5.86. The molecule has 1 aliphatic heterocycles. The van der Waals surface area contributed by atoms with Gasteiger partial charge in [-0.1, -0.05) is 0 Å². The number of primary amides is 2. The van der Waals surface area contributed by atoms with E-state index in [1.54, 1.807) is 19.2 Å². The molecule has 0 atom stereocenters. The zero-order valence-corrected chi connectivity index (χ0v) is 20.2. The molecule has 39 heavy (non-hydrogen) atoms. The van der Waals surface area contributed by atoms with Gasteiger partial charge in [-0.25, -0.2) is 23.2 Å². The van der Waals surface area contributed by atoms with Crippen molar-refractivity contribution in [3.63, 3.8) is 0 Å². The third-order valence-electron chi connectivity index (χ3n) is 5.33. The van der Waals surface area contributed by atoms with Crippen LogP contribution in [-0.4, -0.2) is 61.4 Å². The van der Waals surface area contributed by atoms with Crippen molar-refractivity contribution in [2.45, 2.75) is 26.0 Å². The quantitative estimate of drug-likeness (QED) is 0.292. The van der Waals surface area contributed by atoms with E-state index in [-0.39, 0.29) is 28.6 Å². The van der Waals surface area contributed by atoms with Crippen LogP contribution in [0.3, 0.4) is 0 Å². The normalized spacial score (nSPS) is 12.6. The molecular weight excluding hydrogens is 532 g/mol. The number of rotatable bonds is 7. The van der Waals surface area contributed by atoms with Crippen LogP contribution in [-0.2, 0) is 23.1 Å². The lowest BCUT2D eigenvalue weighted by Crippen LogP contribution is -2.23. The molecule has 0 aliphatic carbocycles. The molecule has 0 saturated heterocycles. The van der Waals surface area contributed by atoms with Crippen LogP contribution in [0.1, 0.15) is 18.5 Å². The Hall–Kier alpha value is -4.83. The van der Waals surface area contributed by atoms with Crippen molar-refractivity contribution >= 4 is 23.0 Å². The number of aromatic amines is 1. The van der Waals surface area contributed by atoms with E-state index >= 15 is 0 Å². The van der Waals surface area contributed by atoms with Gasteiger partial charge in [0.15, 0.2) is 6.61 Å². The molecule has 4 aromatic heterocycles. The Morgan fingerprint density at radius 3 is 2.62 bits per heavy atom. The predicted octanol–water partition coefficient (Wildman–Crippen LogP) is 2.72. The molecule has 0 aromatic carbocycles. The molecule has 0 fully saturated rings. The van der Waals surface area contributed by atoms with E-state index in [1.807, 2.05) is 0 Å². The summed E-state index contributed by atoms with van der Waals surface area (Å²) in [5.74, 6) is -0.859. The predicted molar refractivity (Wildman–Crippen MR) is 126 cm³/mol. The monoisotopic (exact) mass is 554 g/mol. The van der Waals surface area contributed by atoms with Gasteiger partial charge in [0.2, 0.25) is 11.8 Å². The smallest absolute Gasteiger partial charge is 0.405 e. The first kappa shape index (κ1) is 27.2. The maximum absolute atomic E-state index is 13.9. The summed E-state index contributed by atoms with van der Waals surface area (Å²) in [6, 6.07) is 3.36. The Bertz CT molecular complexity index is 1490. The number of hydrogen-bond acceptors (Lipinski definition) is 8. The van der Waals surface area contributed by atoms with Crippen molar-refractivity contribution in [1.29, 1.82) is 0 Å². The van der Waals surface area contributed by atoms with E-state index in [0.717, 1.165) is 0 Å². The van der Waals surface area contributed by atoms with Crippen LogP contribution in [0.4, 0.5) is 22.4 Å². The Labute approximate surface area is 216 Å². The highest BCUT2D eigenvalue weighted by Crippen LogP contribution is 2.47. The highest BCUT2D eigenvalue weighted by atomic mass is 19.3. The molecule has 13 nitrogen and oxygen atoms in total. The number of carbonyl (C=O) groups is 2. The topological polar surface area (TPSA) is 178 Å². The number of pyridine rings is 1. The maximum atomic E-state index is 13.9. The van der Waals surface area contributed by atoms with Gasteiger partial charge in [0.05, 0.1) is 23.4 Å². The van der Waals surface area contributed by atoms with E-state index < -0.39 is 37.3 Å². The molecule has 4 aromatic rings. The van der Waals surface area contributed by atoms with Gasteiger partial charge in [0.1, 0.15) is 11.3 Å². The van der Waals surface area contributed by atoms with E-state index in [0.29, 0.717) is 36.2 Å². The first-order valence-corrected chi connectivity index (χ1v) is 11.2. The van der Waals surface area contributed by atoms with Gasteiger partial charge in [0, 0.05) is 43.4 Å². The molecule has 0 spiro atoms. The zero-order valence-electron chi connectivity index (χ0n) is 20.2. The zero-order chi connectivity index (χ0) is 28.3. The lowest BCUT2D eigenvalue weighted by molar-refractivity contribution is -0.120. The lowest BCUT2D eigenvalue weighted by Gasteiger charge is -2.16. The number of aryl methyl sites for hydroxylation is 2. The molecule has 0 unspecified atom stereocenters. The van der Waals surface area contributed by atoms with Gasteiger partial charge in [-0.3, -0.25) is 9.48 Å². The number of nitrogens with zero attached hydrogens (tertiary/aromatic N) is 5. The van der Waals surface area contributed by atoms with Crippen LogP contribution in [0.5, 0.6) is 11.8 Å². The van der Waals surface area contributed by atoms with E-state index in [9.17, 15) is 27.2 Å². The molecule has 208 valence electrons. The summed E-state index contributed by atoms with van der Waals surface area (Å²) in [4.78, 5) is 26.8. The first-order chi connectivity index (χ1) is 18.6. The number of carbonyl (C=O) groups excluding carboxylic acids is 2. The molecule has 0 radical (unpaired) electrons.